The van der Waals surface area contributed by atoms with Crippen molar-refractivity contribution in [3.63, 3.8) is 0 Å². The molecule has 7 nitrogen and oxygen atoms in total. The Hall–Kier alpha value is -2.61. The lowest BCUT2D eigenvalue weighted by atomic mass is 10.1. The first-order valence-corrected chi connectivity index (χ1v) is 12.0. The maximum atomic E-state index is 13.1. The molecule has 3 rings (SSSR count). The molecule has 1 aliphatic rings. The second kappa shape index (κ2) is 9.90. The van der Waals surface area contributed by atoms with E-state index < -0.39 is 17.7 Å². The fraction of sp³-hybridized carbons (Fsp3) is 0.542. The fourth-order valence-electron chi connectivity index (χ4n) is 4.13. The van der Waals surface area contributed by atoms with Crippen LogP contribution in [0.4, 0.5) is 4.79 Å². The maximum absolute atomic E-state index is 13.1. The third-order valence-corrected chi connectivity index (χ3v) is 6.68. The molecule has 8 heteroatoms. The van der Waals surface area contributed by atoms with E-state index in [0.29, 0.717) is 24.3 Å². The van der Waals surface area contributed by atoms with Gasteiger partial charge in [-0.3, -0.25) is 9.59 Å². The number of thiophene rings is 1. The van der Waals surface area contributed by atoms with E-state index in [1.807, 2.05) is 69.9 Å². The minimum Gasteiger partial charge on any atom is -0.444 e. The Morgan fingerprint density at radius 3 is 2.66 bits per heavy atom. The number of alkyl carbamates (subject to hydrolysis) is 1. The number of rotatable bonds is 7. The van der Waals surface area contributed by atoms with Gasteiger partial charge in [-0.1, -0.05) is 25.1 Å². The second-order valence-electron chi connectivity index (χ2n) is 9.28. The zero-order chi connectivity index (χ0) is 23.5. The van der Waals surface area contributed by atoms with Crippen LogP contribution in [-0.4, -0.2) is 53.1 Å². The molecule has 1 fully saturated rings. The Labute approximate surface area is 193 Å². The summed E-state index contributed by atoms with van der Waals surface area (Å²) in [5.41, 5.74) is -0.548. The normalized spacial score (nSPS) is 19.8. The first-order valence-electron chi connectivity index (χ1n) is 11.2. The van der Waals surface area contributed by atoms with Gasteiger partial charge in [0.15, 0.2) is 0 Å². The van der Waals surface area contributed by atoms with Gasteiger partial charge in [0.05, 0.1) is 4.88 Å². The van der Waals surface area contributed by atoms with Gasteiger partial charge in [0, 0.05) is 23.3 Å². The number of hydrogen-bond acceptors (Lipinski definition) is 5. The van der Waals surface area contributed by atoms with Crippen molar-refractivity contribution in [2.75, 3.05) is 6.54 Å². The minimum absolute atomic E-state index is 0.0151. The quantitative estimate of drug-likeness (QED) is 0.646. The number of hydrogen-bond donors (Lipinski definition) is 2. The third kappa shape index (κ3) is 5.79. The summed E-state index contributed by atoms with van der Waals surface area (Å²) in [4.78, 5) is 40.3. The summed E-state index contributed by atoms with van der Waals surface area (Å²) in [6.45, 7) is 9.91. The first kappa shape index (κ1) is 24.0. The average molecular weight is 460 g/mol. The molecule has 32 heavy (non-hydrogen) atoms. The predicted molar refractivity (Wildman–Crippen MR) is 127 cm³/mol. The molecule has 3 amide bonds. The Balaban J connectivity index is 1.58. The number of amides is 3. The van der Waals surface area contributed by atoms with Crippen LogP contribution in [0.5, 0.6) is 0 Å². The monoisotopic (exact) mass is 459 g/mol. The zero-order valence-corrected chi connectivity index (χ0v) is 20.3. The highest BCUT2D eigenvalue weighted by Gasteiger charge is 2.41. The number of likely N-dealkylation sites (tertiary alicyclic amines) is 1. The summed E-state index contributed by atoms with van der Waals surface area (Å²) in [5.74, 6) is -0.269. The van der Waals surface area contributed by atoms with Gasteiger partial charge in [-0.2, -0.15) is 0 Å². The number of fused-ring (bicyclic) bond motifs is 1. The number of nitrogens with one attached hydrogen (secondary N) is 2. The molecule has 3 atom stereocenters. The molecule has 0 radical (unpaired) electrons. The second-order valence-corrected chi connectivity index (χ2v) is 10.4. The summed E-state index contributed by atoms with van der Waals surface area (Å²) in [6, 6.07) is 9.19. The molecule has 1 saturated heterocycles. The lowest BCUT2D eigenvalue weighted by molar-refractivity contribution is -0.132. The molecule has 2 aromatic rings. The van der Waals surface area contributed by atoms with Gasteiger partial charge in [-0.05, 0) is 64.5 Å². The van der Waals surface area contributed by atoms with Gasteiger partial charge in [0.2, 0.25) is 5.91 Å². The van der Waals surface area contributed by atoms with Gasteiger partial charge in [0.25, 0.3) is 5.91 Å². The fourth-order valence-corrected chi connectivity index (χ4v) is 5.10. The molecule has 0 saturated carbocycles. The van der Waals surface area contributed by atoms with Crippen LogP contribution >= 0.6 is 11.3 Å². The van der Waals surface area contributed by atoms with Crippen molar-refractivity contribution in [2.45, 2.75) is 77.6 Å². The van der Waals surface area contributed by atoms with Crippen LogP contribution in [-0.2, 0) is 9.53 Å². The van der Waals surface area contributed by atoms with Crippen LogP contribution in [0, 0.1) is 0 Å². The maximum Gasteiger partial charge on any atom is 0.407 e. The smallest absolute Gasteiger partial charge is 0.407 e. The van der Waals surface area contributed by atoms with Gasteiger partial charge in [-0.25, -0.2) is 4.79 Å². The van der Waals surface area contributed by atoms with Crippen molar-refractivity contribution in [1.82, 2.24) is 15.5 Å². The van der Waals surface area contributed by atoms with E-state index in [0.717, 1.165) is 16.5 Å². The Kier molecular flexibility index (Phi) is 7.44. The standard InChI is InChI=1S/C24H33N3O4S/c1-6-17(11-12-25-23(30)31-24(3,4)5)27-15(2)13-18(22(27)29)26-21(28)20-14-16-9-7-8-10-19(16)32-20/h7-10,14-15,17-18H,6,11-13H2,1-5H3,(H,25,30)(H,26,28)/t15?,17?,18-/m0/s1. The van der Waals surface area contributed by atoms with E-state index in [1.165, 1.54) is 11.3 Å². The summed E-state index contributed by atoms with van der Waals surface area (Å²) in [7, 11) is 0. The van der Waals surface area contributed by atoms with Crippen LogP contribution in [0.3, 0.4) is 0 Å². The molecule has 1 aromatic carbocycles. The topological polar surface area (TPSA) is 87.7 Å². The minimum atomic E-state index is -0.548. The van der Waals surface area contributed by atoms with Gasteiger partial charge >= 0.3 is 6.09 Å². The summed E-state index contributed by atoms with van der Waals surface area (Å²) >= 11 is 1.43. The molecule has 0 bridgehead atoms. The highest BCUT2D eigenvalue weighted by Crippen LogP contribution is 2.28. The lowest BCUT2D eigenvalue weighted by Crippen LogP contribution is -2.46. The summed E-state index contributed by atoms with van der Waals surface area (Å²) in [6.07, 6.45) is 1.51. The highest BCUT2D eigenvalue weighted by molar-refractivity contribution is 7.20. The Morgan fingerprint density at radius 2 is 2.00 bits per heavy atom. The van der Waals surface area contributed by atoms with Gasteiger partial charge in [0.1, 0.15) is 11.6 Å². The highest BCUT2D eigenvalue weighted by atomic mass is 32.1. The molecular formula is C24H33N3O4S. The van der Waals surface area contributed by atoms with Gasteiger partial charge < -0.3 is 20.3 Å². The molecule has 0 aliphatic carbocycles. The molecule has 1 aromatic heterocycles. The van der Waals surface area contributed by atoms with E-state index in [1.54, 1.807) is 0 Å². The van der Waals surface area contributed by atoms with Crippen LogP contribution in [0.2, 0.25) is 0 Å². The van der Waals surface area contributed by atoms with Crippen molar-refractivity contribution in [2.24, 2.45) is 0 Å². The molecule has 174 valence electrons. The van der Waals surface area contributed by atoms with E-state index in [9.17, 15) is 14.4 Å². The number of carbonyl (C=O) groups excluding carboxylic acids is 3. The van der Waals surface area contributed by atoms with Gasteiger partial charge in [-0.15, -0.1) is 11.3 Å². The molecule has 2 unspecified atom stereocenters. The third-order valence-electron chi connectivity index (χ3n) is 5.57. The Morgan fingerprint density at radius 1 is 1.28 bits per heavy atom. The van der Waals surface area contributed by atoms with Crippen molar-refractivity contribution in [3.8, 4) is 0 Å². The average Bonchev–Trinajstić information content (AvgIpc) is 3.25. The van der Waals surface area contributed by atoms with E-state index >= 15 is 0 Å². The molecule has 0 spiro atoms. The number of nitrogens with zero attached hydrogens (tertiary/aromatic N) is 1. The summed E-state index contributed by atoms with van der Waals surface area (Å²) in [5, 5.41) is 6.73. The summed E-state index contributed by atoms with van der Waals surface area (Å²) < 4.78 is 6.32. The largest absolute Gasteiger partial charge is 0.444 e. The molecule has 2 N–H and O–H groups in total. The number of ether oxygens (including phenoxy) is 1. The van der Waals surface area contributed by atoms with Crippen molar-refractivity contribution >= 4 is 39.3 Å². The van der Waals surface area contributed by atoms with Crippen LogP contribution in [0.25, 0.3) is 10.1 Å². The molecule has 2 heterocycles. The van der Waals surface area contributed by atoms with Crippen LogP contribution in [0.15, 0.2) is 30.3 Å². The van der Waals surface area contributed by atoms with Crippen LogP contribution in [0.1, 0.15) is 63.6 Å². The molecular weight excluding hydrogens is 426 g/mol. The number of benzene rings is 1. The molecule has 1 aliphatic heterocycles. The van der Waals surface area contributed by atoms with Crippen molar-refractivity contribution < 1.29 is 19.1 Å². The number of carbonyl (C=O) groups is 3. The van der Waals surface area contributed by atoms with E-state index in [2.05, 4.69) is 10.6 Å². The van der Waals surface area contributed by atoms with E-state index in [-0.39, 0.29) is 23.9 Å². The zero-order valence-electron chi connectivity index (χ0n) is 19.4. The van der Waals surface area contributed by atoms with Crippen molar-refractivity contribution in [3.05, 3.63) is 35.2 Å². The van der Waals surface area contributed by atoms with Crippen molar-refractivity contribution in [1.29, 1.82) is 0 Å². The lowest BCUT2D eigenvalue weighted by Gasteiger charge is -2.31. The first-order chi connectivity index (χ1) is 15.1. The van der Waals surface area contributed by atoms with E-state index in [4.69, 9.17) is 4.74 Å². The van der Waals surface area contributed by atoms with Crippen LogP contribution < -0.4 is 10.6 Å². The Bertz CT molecular complexity index is 948. The predicted octanol–water partition coefficient (Wildman–Crippen LogP) is 4.31. The SMILES string of the molecule is CCC(CCNC(=O)OC(C)(C)C)N1C(=O)[C@@H](NC(=O)c2cc3ccccc3s2)CC1C.